The van der Waals surface area contributed by atoms with Crippen LogP contribution < -0.4 is 10.6 Å². The summed E-state index contributed by atoms with van der Waals surface area (Å²) >= 11 is 0. The number of rotatable bonds is 4. The van der Waals surface area contributed by atoms with Gasteiger partial charge < -0.3 is 15.4 Å². The molecule has 0 aliphatic carbocycles. The van der Waals surface area contributed by atoms with Crippen molar-refractivity contribution in [3.8, 4) is 0 Å². The first-order valence-electron chi connectivity index (χ1n) is 7.25. The molecule has 1 fully saturated rings. The van der Waals surface area contributed by atoms with Crippen LogP contribution in [0.4, 0.5) is 5.69 Å². The molecule has 5 heteroatoms. The summed E-state index contributed by atoms with van der Waals surface area (Å²) in [5.41, 5.74) is 2.31. The van der Waals surface area contributed by atoms with Gasteiger partial charge in [-0.3, -0.25) is 9.69 Å². The van der Waals surface area contributed by atoms with Crippen molar-refractivity contribution in [3.05, 3.63) is 29.8 Å². The van der Waals surface area contributed by atoms with Gasteiger partial charge in [-0.25, -0.2) is 0 Å². The van der Waals surface area contributed by atoms with Crippen LogP contribution in [0.25, 0.3) is 0 Å². The van der Waals surface area contributed by atoms with Crippen molar-refractivity contribution in [3.63, 3.8) is 0 Å². The van der Waals surface area contributed by atoms with Gasteiger partial charge >= 0.3 is 0 Å². The van der Waals surface area contributed by atoms with E-state index in [-0.39, 0.29) is 11.9 Å². The molecule has 0 spiro atoms. The van der Waals surface area contributed by atoms with E-state index in [0.29, 0.717) is 6.54 Å². The first kappa shape index (κ1) is 13.4. The van der Waals surface area contributed by atoms with Crippen molar-refractivity contribution >= 4 is 11.6 Å². The summed E-state index contributed by atoms with van der Waals surface area (Å²) in [4.78, 5) is 14.5. The molecule has 3 rings (SSSR count). The number of nitrogens with zero attached hydrogens (tertiary/aromatic N) is 1. The third kappa shape index (κ3) is 3.11. The molecule has 1 atom stereocenters. The first-order chi connectivity index (χ1) is 9.83. The second-order valence-corrected chi connectivity index (χ2v) is 5.30. The normalized spacial score (nSPS) is 22.1. The fourth-order valence-electron chi connectivity index (χ4n) is 2.74. The highest BCUT2D eigenvalue weighted by Crippen LogP contribution is 2.24. The number of ether oxygens (including phenoxy) is 1. The Bertz CT molecular complexity index is 447. The van der Waals surface area contributed by atoms with Gasteiger partial charge in [-0.05, 0) is 11.6 Å². The average Bonchev–Trinajstić information content (AvgIpc) is 2.92. The van der Waals surface area contributed by atoms with Gasteiger partial charge in [0.25, 0.3) is 0 Å². The molecule has 2 aliphatic rings. The van der Waals surface area contributed by atoms with Gasteiger partial charge in [0.1, 0.15) is 6.04 Å². The molecule has 2 N–H and O–H groups in total. The number of benzene rings is 1. The van der Waals surface area contributed by atoms with Crippen LogP contribution in [0.1, 0.15) is 5.56 Å². The highest BCUT2D eigenvalue weighted by atomic mass is 16.5. The van der Waals surface area contributed by atoms with E-state index in [1.807, 2.05) is 18.2 Å². The molecule has 0 saturated carbocycles. The van der Waals surface area contributed by atoms with E-state index < -0.39 is 0 Å². The molecule has 20 heavy (non-hydrogen) atoms. The monoisotopic (exact) mass is 275 g/mol. The number of morpholine rings is 1. The summed E-state index contributed by atoms with van der Waals surface area (Å²) in [5, 5.41) is 6.30. The lowest BCUT2D eigenvalue weighted by atomic mass is 10.1. The minimum Gasteiger partial charge on any atom is -0.379 e. The number of para-hydroxylation sites is 1. The highest BCUT2D eigenvalue weighted by Gasteiger charge is 2.25. The third-order valence-electron chi connectivity index (χ3n) is 3.92. The van der Waals surface area contributed by atoms with Gasteiger partial charge in [0.2, 0.25) is 5.91 Å². The van der Waals surface area contributed by atoms with Crippen LogP contribution in [0, 0.1) is 0 Å². The van der Waals surface area contributed by atoms with E-state index in [1.165, 1.54) is 5.56 Å². The van der Waals surface area contributed by atoms with E-state index in [9.17, 15) is 4.79 Å². The molecule has 0 radical (unpaired) electrons. The predicted molar refractivity (Wildman–Crippen MR) is 77.8 cm³/mol. The zero-order valence-electron chi connectivity index (χ0n) is 11.6. The van der Waals surface area contributed by atoms with Gasteiger partial charge in [-0.1, -0.05) is 18.2 Å². The first-order valence-corrected chi connectivity index (χ1v) is 7.25. The summed E-state index contributed by atoms with van der Waals surface area (Å²) in [6.45, 7) is 5.12. The summed E-state index contributed by atoms with van der Waals surface area (Å²) in [6, 6.07) is 7.97. The molecule has 1 aromatic carbocycles. The zero-order chi connectivity index (χ0) is 13.8. The number of amides is 1. The SMILES string of the molecule is O=C(NCCN1CCOCC1)[C@@H]1Cc2ccccc2N1. The maximum absolute atomic E-state index is 12.1. The van der Waals surface area contributed by atoms with Crippen molar-refractivity contribution in [1.82, 2.24) is 10.2 Å². The lowest BCUT2D eigenvalue weighted by molar-refractivity contribution is -0.121. The van der Waals surface area contributed by atoms with Crippen LogP contribution in [0.3, 0.4) is 0 Å². The predicted octanol–water partition coefficient (Wildman–Crippen LogP) is 0.472. The molecule has 2 heterocycles. The Labute approximate surface area is 119 Å². The number of fused-ring (bicyclic) bond motifs is 1. The fourth-order valence-corrected chi connectivity index (χ4v) is 2.74. The molecular weight excluding hydrogens is 254 g/mol. The Balaban J connectivity index is 1.42. The van der Waals surface area contributed by atoms with Crippen LogP contribution in [0.2, 0.25) is 0 Å². The molecular formula is C15H21N3O2. The summed E-state index contributed by atoms with van der Waals surface area (Å²) in [5.74, 6) is 0.0921. The maximum Gasteiger partial charge on any atom is 0.242 e. The Hall–Kier alpha value is -1.59. The minimum absolute atomic E-state index is 0.0921. The van der Waals surface area contributed by atoms with Crippen LogP contribution in [0.15, 0.2) is 24.3 Å². The molecule has 1 aromatic rings. The summed E-state index contributed by atoms with van der Waals surface area (Å²) in [6.07, 6.45) is 0.777. The maximum atomic E-state index is 12.1. The van der Waals surface area contributed by atoms with Gasteiger partial charge in [-0.2, -0.15) is 0 Å². The fraction of sp³-hybridized carbons (Fsp3) is 0.533. The molecule has 0 unspecified atom stereocenters. The highest BCUT2D eigenvalue weighted by molar-refractivity contribution is 5.87. The number of anilines is 1. The number of hydrogen-bond donors (Lipinski definition) is 2. The number of nitrogens with one attached hydrogen (secondary N) is 2. The number of carbonyl (C=O) groups is 1. The minimum atomic E-state index is -0.128. The molecule has 108 valence electrons. The van der Waals surface area contributed by atoms with Crippen LogP contribution in [0.5, 0.6) is 0 Å². The molecule has 0 bridgehead atoms. The van der Waals surface area contributed by atoms with Gasteiger partial charge in [0, 0.05) is 38.3 Å². The van der Waals surface area contributed by atoms with E-state index in [1.54, 1.807) is 0 Å². The number of hydrogen-bond acceptors (Lipinski definition) is 4. The lowest BCUT2D eigenvalue weighted by Crippen LogP contribution is -2.44. The van der Waals surface area contributed by atoms with Crippen molar-refractivity contribution in [2.45, 2.75) is 12.5 Å². The quantitative estimate of drug-likeness (QED) is 0.839. The van der Waals surface area contributed by atoms with Gasteiger partial charge in [0.15, 0.2) is 0 Å². The Morgan fingerprint density at radius 2 is 2.15 bits per heavy atom. The van der Waals surface area contributed by atoms with Gasteiger partial charge in [-0.15, -0.1) is 0 Å². The van der Waals surface area contributed by atoms with E-state index in [0.717, 1.165) is 45.0 Å². The smallest absolute Gasteiger partial charge is 0.242 e. The Morgan fingerprint density at radius 1 is 1.35 bits per heavy atom. The summed E-state index contributed by atoms with van der Waals surface area (Å²) < 4.78 is 5.31. The van der Waals surface area contributed by atoms with Crippen molar-refractivity contribution < 1.29 is 9.53 Å². The van der Waals surface area contributed by atoms with Crippen LogP contribution in [-0.4, -0.2) is 56.2 Å². The van der Waals surface area contributed by atoms with Crippen LogP contribution in [-0.2, 0) is 16.0 Å². The second kappa shape index (κ2) is 6.24. The second-order valence-electron chi connectivity index (χ2n) is 5.30. The largest absolute Gasteiger partial charge is 0.379 e. The Kier molecular flexibility index (Phi) is 4.18. The molecule has 1 amide bonds. The number of carbonyl (C=O) groups excluding carboxylic acids is 1. The average molecular weight is 275 g/mol. The molecule has 2 aliphatic heterocycles. The molecule has 0 aromatic heterocycles. The van der Waals surface area contributed by atoms with Crippen LogP contribution >= 0.6 is 0 Å². The third-order valence-corrected chi connectivity index (χ3v) is 3.92. The molecule has 1 saturated heterocycles. The standard InChI is InChI=1S/C15H21N3O2/c19-15(16-5-6-18-7-9-20-10-8-18)14-11-12-3-1-2-4-13(12)17-14/h1-4,14,17H,5-11H2,(H,16,19)/t14-/m0/s1. The van der Waals surface area contributed by atoms with Crippen molar-refractivity contribution in [1.29, 1.82) is 0 Å². The summed E-state index contributed by atoms with van der Waals surface area (Å²) in [7, 11) is 0. The topological polar surface area (TPSA) is 53.6 Å². The van der Waals surface area contributed by atoms with E-state index >= 15 is 0 Å². The Morgan fingerprint density at radius 3 is 2.95 bits per heavy atom. The van der Waals surface area contributed by atoms with E-state index in [4.69, 9.17) is 4.74 Å². The zero-order valence-corrected chi connectivity index (χ0v) is 11.6. The van der Waals surface area contributed by atoms with Crippen molar-refractivity contribution in [2.24, 2.45) is 0 Å². The van der Waals surface area contributed by atoms with Gasteiger partial charge in [0.05, 0.1) is 13.2 Å². The van der Waals surface area contributed by atoms with E-state index in [2.05, 4.69) is 21.6 Å². The molecule has 5 nitrogen and oxygen atoms in total. The lowest BCUT2D eigenvalue weighted by Gasteiger charge is -2.26. The van der Waals surface area contributed by atoms with Crippen molar-refractivity contribution in [2.75, 3.05) is 44.7 Å².